The van der Waals surface area contributed by atoms with Crippen molar-refractivity contribution < 1.29 is 9.53 Å². The predicted molar refractivity (Wildman–Crippen MR) is 86.2 cm³/mol. The summed E-state index contributed by atoms with van der Waals surface area (Å²) in [6.45, 7) is 3.76. The second kappa shape index (κ2) is 6.93. The summed E-state index contributed by atoms with van der Waals surface area (Å²) in [5.74, 6) is -0.441. The lowest BCUT2D eigenvalue weighted by molar-refractivity contribution is -0.139. The molecular weight excluding hydrogens is 302 g/mol. The number of nitrogens with zero attached hydrogens (tertiary/aromatic N) is 3. The van der Waals surface area contributed by atoms with E-state index in [0.29, 0.717) is 27.6 Å². The summed E-state index contributed by atoms with van der Waals surface area (Å²) < 4.78 is 5.12. The van der Waals surface area contributed by atoms with E-state index in [2.05, 4.69) is 20.7 Å². The highest BCUT2D eigenvalue weighted by atomic mass is 32.1. The smallest absolute Gasteiger partial charge is 0.338 e. The van der Waals surface area contributed by atoms with Crippen LogP contribution in [-0.2, 0) is 9.53 Å². The quantitative estimate of drug-likeness (QED) is 0.292. The molecule has 0 aliphatic carbocycles. The summed E-state index contributed by atoms with van der Waals surface area (Å²) in [6.07, 6.45) is 0. The average molecular weight is 317 g/mol. The topological polar surface area (TPSA) is 99.1 Å². The Morgan fingerprint density at radius 1 is 1.50 bits per heavy atom. The Kier molecular flexibility index (Phi) is 4.98. The van der Waals surface area contributed by atoms with E-state index in [1.807, 2.05) is 0 Å². The first kappa shape index (κ1) is 15.8. The van der Waals surface area contributed by atoms with E-state index in [4.69, 9.17) is 22.5 Å². The van der Waals surface area contributed by atoms with Crippen molar-refractivity contribution >= 4 is 29.0 Å². The fourth-order valence-electron chi connectivity index (χ4n) is 2.28. The van der Waals surface area contributed by atoms with Crippen molar-refractivity contribution in [2.24, 2.45) is 5.11 Å². The molecule has 2 N–H and O–H groups in total. The van der Waals surface area contributed by atoms with Crippen LogP contribution >= 0.6 is 12.2 Å². The molecule has 7 nitrogen and oxygen atoms in total. The first-order valence-electron chi connectivity index (χ1n) is 6.68. The fourth-order valence-corrected chi connectivity index (χ4v) is 2.55. The molecule has 0 bridgehead atoms. The van der Waals surface area contributed by atoms with Gasteiger partial charge in [-0.1, -0.05) is 29.4 Å². The van der Waals surface area contributed by atoms with Crippen LogP contribution in [0.2, 0.25) is 0 Å². The van der Waals surface area contributed by atoms with Crippen molar-refractivity contribution in [3.63, 3.8) is 0 Å². The van der Waals surface area contributed by atoms with E-state index >= 15 is 0 Å². The van der Waals surface area contributed by atoms with E-state index < -0.39 is 12.0 Å². The average Bonchev–Trinajstić information content (AvgIpc) is 2.47. The van der Waals surface area contributed by atoms with Gasteiger partial charge in [0, 0.05) is 16.3 Å². The number of nitrogens with one attached hydrogen (secondary N) is 2. The van der Waals surface area contributed by atoms with Gasteiger partial charge >= 0.3 is 5.97 Å². The van der Waals surface area contributed by atoms with Gasteiger partial charge in [0.05, 0.1) is 18.2 Å². The highest BCUT2D eigenvalue weighted by Gasteiger charge is 2.31. The number of azide groups is 1. The Morgan fingerprint density at radius 2 is 2.23 bits per heavy atom. The maximum atomic E-state index is 12.3. The number of hydrogen-bond acceptors (Lipinski definition) is 4. The molecule has 1 atom stereocenters. The zero-order chi connectivity index (χ0) is 16.1. The highest BCUT2D eigenvalue weighted by molar-refractivity contribution is 7.80. The van der Waals surface area contributed by atoms with E-state index in [0.717, 1.165) is 0 Å². The SMILES string of the molecule is CCOC(=O)C1=C(C)NC(=S)NC1c1ccccc1N=[N+]=[N-]. The van der Waals surface area contributed by atoms with Gasteiger partial charge in [0.25, 0.3) is 0 Å². The molecule has 114 valence electrons. The number of carbonyl (C=O) groups excluding carboxylic acids is 1. The molecule has 0 saturated carbocycles. The van der Waals surface area contributed by atoms with Gasteiger partial charge < -0.3 is 15.4 Å². The largest absolute Gasteiger partial charge is 0.463 e. The lowest BCUT2D eigenvalue weighted by atomic mass is 9.94. The number of esters is 1. The van der Waals surface area contributed by atoms with E-state index in [1.165, 1.54) is 0 Å². The first-order chi connectivity index (χ1) is 10.6. The summed E-state index contributed by atoms with van der Waals surface area (Å²) >= 11 is 5.16. The van der Waals surface area contributed by atoms with Crippen molar-refractivity contribution in [3.8, 4) is 0 Å². The van der Waals surface area contributed by atoms with Gasteiger partial charge in [-0.2, -0.15) is 0 Å². The van der Waals surface area contributed by atoms with E-state index in [-0.39, 0.29) is 6.61 Å². The summed E-state index contributed by atoms with van der Waals surface area (Å²) in [7, 11) is 0. The lowest BCUT2D eigenvalue weighted by Gasteiger charge is -2.30. The molecule has 1 unspecified atom stereocenters. The van der Waals surface area contributed by atoms with Crippen LogP contribution in [0.1, 0.15) is 25.5 Å². The third kappa shape index (κ3) is 3.19. The highest BCUT2D eigenvalue weighted by Crippen LogP contribution is 2.33. The Morgan fingerprint density at radius 3 is 2.91 bits per heavy atom. The van der Waals surface area contributed by atoms with Crippen molar-refractivity contribution in [2.45, 2.75) is 19.9 Å². The van der Waals surface area contributed by atoms with Crippen molar-refractivity contribution in [2.75, 3.05) is 6.61 Å². The Balaban J connectivity index is 2.55. The van der Waals surface area contributed by atoms with Crippen LogP contribution in [0.4, 0.5) is 5.69 Å². The van der Waals surface area contributed by atoms with Gasteiger partial charge in [0.1, 0.15) is 0 Å². The zero-order valence-electron chi connectivity index (χ0n) is 12.2. The number of hydrogen-bond donors (Lipinski definition) is 2. The molecule has 1 aliphatic rings. The van der Waals surface area contributed by atoms with Gasteiger partial charge in [0.2, 0.25) is 0 Å². The van der Waals surface area contributed by atoms with Crippen molar-refractivity contribution in [3.05, 3.63) is 51.5 Å². The molecular formula is C14H15N5O2S. The third-order valence-corrected chi connectivity index (χ3v) is 3.38. The minimum absolute atomic E-state index is 0.269. The van der Waals surface area contributed by atoms with Crippen LogP contribution in [-0.4, -0.2) is 17.7 Å². The van der Waals surface area contributed by atoms with E-state index in [1.54, 1.807) is 38.1 Å². The summed E-state index contributed by atoms with van der Waals surface area (Å²) in [4.78, 5) is 15.1. The molecule has 0 spiro atoms. The number of ether oxygens (including phenoxy) is 1. The zero-order valence-corrected chi connectivity index (χ0v) is 13.0. The van der Waals surface area contributed by atoms with Crippen LogP contribution in [0.5, 0.6) is 0 Å². The third-order valence-electron chi connectivity index (χ3n) is 3.16. The monoisotopic (exact) mass is 317 g/mol. The van der Waals surface area contributed by atoms with E-state index in [9.17, 15) is 4.79 Å². The summed E-state index contributed by atoms with van der Waals surface area (Å²) in [5, 5.41) is 10.0. The molecule has 0 fully saturated rings. The fraction of sp³-hybridized carbons (Fsp3) is 0.286. The molecule has 1 aromatic carbocycles. The molecule has 0 radical (unpaired) electrons. The van der Waals surface area contributed by atoms with Gasteiger partial charge in [-0.05, 0) is 37.2 Å². The Hall–Kier alpha value is -2.57. The molecule has 1 aromatic rings. The van der Waals surface area contributed by atoms with Crippen LogP contribution in [0.15, 0.2) is 40.6 Å². The number of thiocarbonyl (C=S) groups is 1. The molecule has 8 heteroatoms. The maximum Gasteiger partial charge on any atom is 0.338 e. The number of carbonyl (C=O) groups is 1. The summed E-state index contributed by atoms with van der Waals surface area (Å²) in [6, 6.07) is 6.49. The van der Waals surface area contributed by atoms with Crippen LogP contribution in [0, 0.1) is 0 Å². The molecule has 0 saturated heterocycles. The van der Waals surface area contributed by atoms with Crippen LogP contribution in [0.3, 0.4) is 0 Å². The van der Waals surface area contributed by atoms with Gasteiger partial charge in [-0.15, -0.1) is 0 Å². The first-order valence-corrected chi connectivity index (χ1v) is 7.08. The molecule has 1 heterocycles. The lowest BCUT2D eigenvalue weighted by Crippen LogP contribution is -2.45. The normalized spacial score (nSPS) is 17.2. The van der Waals surface area contributed by atoms with Gasteiger partial charge in [0.15, 0.2) is 5.11 Å². The standard InChI is InChI=1S/C14H15N5O2S/c1-3-21-13(20)11-8(2)16-14(22)17-12(11)9-6-4-5-7-10(9)18-19-15/h4-7,12H,3H2,1-2H3,(H2,16,17,22). The van der Waals surface area contributed by atoms with Crippen LogP contribution in [0.25, 0.3) is 10.4 Å². The molecule has 22 heavy (non-hydrogen) atoms. The second-order valence-corrected chi connectivity index (χ2v) is 4.95. The molecule has 1 aliphatic heterocycles. The van der Waals surface area contributed by atoms with Crippen molar-refractivity contribution in [1.82, 2.24) is 10.6 Å². The predicted octanol–water partition coefficient (Wildman–Crippen LogP) is 2.98. The second-order valence-electron chi connectivity index (χ2n) is 4.54. The Labute approximate surface area is 133 Å². The van der Waals surface area contributed by atoms with Gasteiger partial charge in [-0.25, -0.2) is 4.79 Å². The maximum absolute atomic E-state index is 12.3. The Bertz CT molecular complexity index is 694. The number of allylic oxidation sites excluding steroid dienone is 1. The number of benzene rings is 1. The van der Waals surface area contributed by atoms with Crippen molar-refractivity contribution in [1.29, 1.82) is 0 Å². The minimum atomic E-state index is -0.533. The van der Waals surface area contributed by atoms with Crippen LogP contribution < -0.4 is 10.6 Å². The molecule has 2 rings (SSSR count). The molecule has 0 amide bonds. The minimum Gasteiger partial charge on any atom is -0.463 e. The molecule has 0 aromatic heterocycles. The summed E-state index contributed by atoms with van der Waals surface area (Å²) in [5.41, 5.74) is 10.8. The number of rotatable bonds is 4. The van der Waals surface area contributed by atoms with Gasteiger partial charge in [-0.3, -0.25) is 0 Å².